The predicted molar refractivity (Wildman–Crippen MR) is 57.1 cm³/mol. The first-order valence-corrected chi connectivity index (χ1v) is 5.38. The Balaban J connectivity index is 2.69. The van der Waals surface area contributed by atoms with Crippen LogP contribution in [0.15, 0.2) is 12.3 Å². The summed E-state index contributed by atoms with van der Waals surface area (Å²) >= 11 is 0. The summed E-state index contributed by atoms with van der Waals surface area (Å²) in [7, 11) is 0. The van der Waals surface area contributed by atoms with Gasteiger partial charge in [-0.05, 0) is 25.5 Å². The van der Waals surface area contributed by atoms with Crippen molar-refractivity contribution in [1.82, 2.24) is 4.57 Å². The highest BCUT2D eigenvalue weighted by atomic mass is 19.4. The molecule has 0 aliphatic heterocycles. The highest BCUT2D eigenvalue weighted by Crippen LogP contribution is 2.17. The molecular weight excluding hydrogens is 251 g/mol. The van der Waals surface area contributed by atoms with Gasteiger partial charge in [0.1, 0.15) is 5.69 Å². The molecular formula is C11H14F3NO3. The topological polar surface area (TPSA) is 40.5 Å². The highest BCUT2D eigenvalue weighted by molar-refractivity contribution is 5.89. The zero-order valence-electron chi connectivity index (χ0n) is 10.1. The molecule has 1 aromatic rings. The van der Waals surface area contributed by atoms with Gasteiger partial charge in [0.15, 0.2) is 0 Å². The maximum absolute atomic E-state index is 11.8. The fourth-order valence-electron chi connectivity index (χ4n) is 1.51. The third kappa shape index (κ3) is 4.06. The van der Waals surface area contributed by atoms with Crippen molar-refractivity contribution in [2.24, 2.45) is 0 Å². The molecule has 7 heteroatoms. The van der Waals surface area contributed by atoms with Gasteiger partial charge < -0.3 is 9.30 Å². The van der Waals surface area contributed by atoms with E-state index in [2.05, 4.69) is 4.74 Å². The zero-order valence-corrected chi connectivity index (χ0v) is 10.1. The van der Waals surface area contributed by atoms with Crippen molar-refractivity contribution in [2.75, 3.05) is 13.2 Å². The summed E-state index contributed by atoms with van der Waals surface area (Å²) in [5.74, 6) is -0.549. The van der Waals surface area contributed by atoms with E-state index in [0.29, 0.717) is 5.56 Å². The first-order valence-electron chi connectivity index (χ1n) is 5.38. The molecule has 0 aliphatic rings. The Kier molecular flexibility index (Phi) is 4.77. The van der Waals surface area contributed by atoms with Gasteiger partial charge >= 0.3 is 12.3 Å². The number of hydrogen-bond acceptors (Lipinski definition) is 3. The largest absolute Gasteiger partial charge is 0.522 e. The van der Waals surface area contributed by atoms with Crippen LogP contribution in [-0.4, -0.2) is 30.1 Å². The lowest BCUT2D eigenvalue weighted by molar-refractivity contribution is -0.325. The molecule has 102 valence electrons. The minimum Gasteiger partial charge on any atom is -0.461 e. The maximum Gasteiger partial charge on any atom is 0.522 e. The molecule has 18 heavy (non-hydrogen) atoms. The van der Waals surface area contributed by atoms with Crippen LogP contribution in [0.25, 0.3) is 0 Å². The summed E-state index contributed by atoms with van der Waals surface area (Å²) in [6, 6.07) is 1.64. The maximum atomic E-state index is 11.8. The van der Waals surface area contributed by atoms with Crippen LogP contribution in [0.5, 0.6) is 0 Å². The number of hydrogen-bond donors (Lipinski definition) is 0. The molecule has 1 rings (SSSR count). The molecule has 0 spiro atoms. The van der Waals surface area contributed by atoms with E-state index in [-0.39, 0.29) is 18.8 Å². The molecule has 1 aromatic heterocycles. The number of rotatable bonds is 5. The summed E-state index contributed by atoms with van der Waals surface area (Å²) in [6.45, 7) is 2.94. The molecule has 4 nitrogen and oxygen atoms in total. The van der Waals surface area contributed by atoms with Crippen molar-refractivity contribution in [1.29, 1.82) is 0 Å². The first-order chi connectivity index (χ1) is 8.35. The molecule has 0 aromatic carbocycles. The third-order valence-electron chi connectivity index (χ3n) is 2.23. The van der Waals surface area contributed by atoms with Crippen molar-refractivity contribution in [2.45, 2.75) is 26.8 Å². The average molecular weight is 265 g/mol. The van der Waals surface area contributed by atoms with E-state index >= 15 is 0 Å². The van der Waals surface area contributed by atoms with Gasteiger partial charge in [0, 0.05) is 12.7 Å². The van der Waals surface area contributed by atoms with Crippen molar-refractivity contribution in [3.63, 3.8) is 0 Å². The van der Waals surface area contributed by atoms with Crippen LogP contribution >= 0.6 is 0 Å². The van der Waals surface area contributed by atoms with Crippen molar-refractivity contribution >= 4 is 5.97 Å². The summed E-state index contributed by atoms with van der Waals surface area (Å²) < 4.78 is 45.3. The second-order valence-electron chi connectivity index (χ2n) is 3.56. The van der Waals surface area contributed by atoms with Gasteiger partial charge in [-0.25, -0.2) is 4.79 Å². The Morgan fingerprint density at radius 3 is 2.67 bits per heavy atom. The van der Waals surface area contributed by atoms with Crippen LogP contribution in [0.2, 0.25) is 0 Å². The van der Waals surface area contributed by atoms with Gasteiger partial charge in [-0.15, -0.1) is 13.2 Å². The molecule has 0 saturated heterocycles. The number of ether oxygens (including phenoxy) is 2. The van der Waals surface area contributed by atoms with Gasteiger partial charge in [-0.1, -0.05) is 0 Å². The number of alkyl halides is 3. The molecule has 0 fully saturated rings. The predicted octanol–water partition coefficient (Wildman–Crippen LogP) is 2.51. The van der Waals surface area contributed by atoms with Crippen LogP contribution in [0.1, 0.15) is 23.0 Å². The van der Waals surface area contributed by atoms with Crippen molar-refractivity contribution in [3.8, 4) is 0 Å². The van der Waals surface area contributed by atoms with Crippen LogP contribution < -0.4 is 0 Å². The van der Waals surface area contributed by atoms with Gasteiger partial charge in [-0.2, -0.15) is 0 Å². The SMILES string of the molecule is CCOC(=O)c1c(C)ccn1CCOC(F)(F)F. The van der Waals surface area contributed by atoms with Gasteiger partial charge in [0.25, 0.3) is 0 Å². The Labute approximate surface area is 102 Å². The number of carbonyl (C=O) groups excluding carboxylic acids is 1. The monoisotopic (exact) mass is 265 g/mol. The van der Waals surface area contributed by atoms with E-state index in [1.807, 2.05) is 0 Å². The standard InChI is InChI=1S/C11H14F3NO3/c1-3-17-10(16)9-8(2)4-5-15(9)6-7-18-11(12,13)14/h4-5H,3,6-7H2,1-2H3. The highest BCUT2D eigenvalue weighted by Gasteiger charge is 2.28. The lowest BCUT2D eigenvalue weighted by atomic mass is 10.3. The number of esters is 1. The van der Waals surface area contributed by atoms with Crippen molar-refractivity contribution < 1.29 is 27.4 Å². The van der Waals surface area contributed by atoms with E-state index in [4.69, 9.17) is 4.74 Å². The quantitative estimate of drug-likeness (QED) is 0.768. The summed E-state index contributed by atoms with van der Waals surface area (Å²) in [5.41, 5.74) is 0.906. The fraction of sp³-hybridized carbons (Fsp3) is 0.545. The van der Waals surface area contributed by atoms with Crippen LogP contribution in [0.4, 0.5) is 13.2 Å². The summed E-state index contributed by atoms with van der Waals surface area (Å²) in [6.07, 6.45) is -3.13. The number of nitrogens with zero attached hydrogens (tertiary/aromatic N) is 1. The average Bonchev–Trinajstić information content (AvgIpc) is 2.58. The molecule has 0 amide bonds. The van der Waals surface area contributed by atoms with Gasteiger partial charge in [-0.3, -0.25) is 4.74 Å². The minimum atomic E-state index is -4.66. The molecule has 0 bridgehead atoms. The zero-order chi connectivity index (χ0) is 13.8. The molecule has 0 unspecified atom stereocenters. The lowest BCUT2D eigenvalue weighted by Crippen LogP contribution is -2.20. The third-order valence-corrected chi connectivity index (χ3v) is 2.23. The van der Waals surface area contributed by atoms with E-state index in [1.165, 1.54) is 10.8 Å². The summed E-state index contributed by atoms with van der Waals surface area (Å²) in [4.78, 5) is 11.6. The Morgan fingerprint density at radius 2 is 2.11 bits per heavy atom. The number of aryl methyl sites for hydroxylation is 1. The Morgan fingerprint density at radius 1 is 1.44 bits per heavy atom. The van der Waals surface area contributed by atoms with Crippen molar-refractivity contribution in [3.05, 3.63) is 23.5 Å². The van der Waals surface area contributed by atoms with Gasteiger partial charge in [0.2, 0.25) is 0 Å². The molecule has 1 heterocycles. The Bertz CT molecular complexity index is 412. The minimum absolute atomic E-state index is 0.0680. The normalized spacial score (nSPS) is 11.6. The van der Waals surface area contributed by atoms with Gasteiger partial charge in [0.05, 0.1) is 13.2 Å². The second-order valence-corrected chi connectivity index (χ2v) is 3.56. The first kappa shape index (κ1) is 14.6. The molecule has 0 saturated carbocycles. The smallest absolute Gasteiger partial charge is 0.461 e. The molecule has 0 N–H and O–H groups in total. The molecule has 0 radical (unpaired) electrons. The van der Waals surface area contributed by atoms with Crippen LogP contribution in [-0.2, 0) is 16.0 Å². The van der Waals surface area contributed by atoms with Crippen LogP contribution in [0, 0.1) is 6.92 Å². The molecule has 0 aliphatic carbocycles. The fourth-order valence-corrected chi connectivity index (χ4v) is 1.51. The Hall–Kier alpha value is -1.50. The number of aromatic nitrogens is 1. The van der Waals surface area contributed by atoms with E-state index < -0.39 is 18.9 Å². The second kappa shape index (κ2) is 5.90. The number of carbonyl (C=O) groups is 1. The van der Waals surface area contributed by atoms with E-state index in [1.54, 1.807) is 19.9 Å². The summed E-state index contributed by atoms with van der Waals surface area (Å²) in [5, 5.41) is 0. The van der Waals surface area contributed by atoms with E-state index in [9.17, 15) is 18.0 Å². The molecule has 0 atom stereocenters. The lowest BCUT2D eigenvalue weighted by Gasteiger charge is -2.11. The number of halogens is 3. The van der Waals surface area contributed by atoms with Crippen LogP contribution in [0.3, 0.4) is 0 Å². The van der Waals surface area contributed by atoms with E-state index in [0.717, 1.165) is 0 Å².